The average Bonchev–Trinajstić information content (AvgIpc) is 3.20. The van der Waals surface area contributed by atoms with Crippen LogP contribution < -0.4 is 10.1 Å². The van der Waals surface area contributed by atoms with Crippen molar-refractivity contribution in [2.75, 3.05) is 40.3 Å². The second-order valence-electron chi connectivity index (χ2n) is 6.89. The minimum absolute atomic E-state index is 0.147. The van der Waals surface area contributed by atoms with Crippen LogP contribution in [0.3, 0.4) is 0 Å². The van der Waals surface area contributed by atoms with Gasteiger partial charge in [-0.25, -0.2) is 8.42 Å². The van der Waals surface area contributed by atoms with Crippen LogP contribution in [-0.4, -0.2) is 69.1 Å². The molecule has 0 unspecified atom stereocenters. The number of hydrogen-bond acceptors (Lipinski definition) is 6. The molecule has 158 valence electrons. The second-order valence-corrected chi connectivity index (χ2v) is 8.86. The lowest BCUT2D eigenvalue weighted by Gasteiger charge is -2.35. The smallest absolute Gasteiger partial charge is 0.220 e. The number of aryl methyl sites for hydroxylation is 1. The number of methoxy groups -OCH3 is 1. The van der Waals surface area contributed by atoms with E-state index < -0.39 is 10.0 Å². The molecule has 1 aliphatic heterocycles. The van der Waals surface area contributed by atoms with Gasteiger partial charge >= 0.3 is 0 Å². The first-order chi connectivity index (χ1) is 13.9. The first kappa shape index (κ1) is 21.1. The Kier molecular flexibility index (Phi) is 6.75. The molecule has 1 aliphatic rings. The van der Waals surface area contributed by atoms with Crippen molar-refractivity contribution in [2.24, 2.45) is 4.99 Å². The molecule has 0 aliphatic carbocycles. The quantitative estimate of drug-likeness (QED) is 0.553. The maximum atomic E-state index is 12.6. The summed E-state index contributed by atoms with van der Waals surface area (Å²) in [7, 11) is -0.0370. The molecule has 10 heteroatoms. The zero-order valence-corrected chi connectivity index (χ0v) is 17.8. The molecule has 9 nitrogen and oxygen atoms in total. The summed E-state index contributed by atoms with van der Waals surface area (Å²) < 4.78 is 36.7. The van der Waals surface area contributed by atoms with Crippen molar-refractivity contribution in [1.29, 1.82) is 0 Å². The van der Waals surface area contributed by atoms with E-state index in [0.717, 1.165) is 22.8 Å². The number of aliphatic imine (C=N–C) groups is 1. The van der Waals surface area contributed by atoms with E-state index in [1.807, 2.05) is 19.1 Å². The zero-order chi connectivity index (χ0) is 20.9. The molecule has 1 aromatic heterocycles. The molecule has 0 atom stereocenters. The van der Waals surface area contributed by atoms with Gasteiger partial charge in [-0.2, -0.15) is 4.31 Å². The highest BCUT2D eigenvalue weighted by Gasteiger charge is 2.28. The molecule has 1 fully saturated rings. The lowest BCUT2D eigenvalue weighted by Crippen LogP contribution is -2.53. The van der Waals surface area contributed by atoms with E-state index in [1.54, 1.807) is 20.2 Å². The predicted octanol–water partition coefficient (Wildman–Crippen LogP) is 1.21. The number of ether oxygens (including phenoxy) is 1. The van der Waals surface area contributed by atoms with Crippen LogP contribution in [0.2, 0.25) is 0 Å². The SMILES string of the molecule is CN=C(NCc1cc(C)cc(OC)c1)N1CCN(S(=O)(=O)Cc2ccon2)CC1. The van der Waals surface area contributed by atoms with Gasteiger partial charge in [0.15, 0.2) is 5.96 Å². The number of sulfonamides is 1. The lowest BCUT2D eigenvalue weighted by atomic mass is 10.1. The minimum atomic E-state index is -3.42. The zero-order valence-electron chi connectivity index (χ0n) is 17.0. The van der Waals surface area contributed by atoms with Gasteiger partial charge in [-0.05, 0) is 30.2 Å². The number of nitrogens with one attached hydrogen (secondary N) is 1. The first-order valence-electron chi connectivity index (χ1n) is 9.38. The van der Waals surface area contributed by atoms with Gasteiger partial charge in [-0.3, -0.25) is 4.99 Å². The van der Waals surface area contributed by atoms with Crippen LogP contribution in [0.15, 0.2) is 40.0 Å². The third-order valence-electron chi connectivity index (χ3n) is 4.76. The van der Waals surface area contributed by atoms with Crippen molar-refractivity contribution in [3.8, 4) is 5.75 Å². The summed E-state index contributed by atoms with van der Waals surface area (Å²) in [6.45, 7) is 4.57. The number of hydrogen-bond donors (Lipinski definition) is 1. The van der Waals surface area contributed by atoms with Gasteiger partial charge in [0.05, 0.1) is 12.8 Å². The number of aromatic nitrogens is 1. The highest BCUT2D eigenvalue weighted by Crippen LogP contribution is 2.17. The normalized spacial score (nSPS) is 16.1. The van der Waals surface area contributed by atoms with Crippen molar-refractivity contribution >= 4 is 16.0 Å². The molecule has 29 heavy (non-hydrogen) atoms. The Balaban J connectivity index is 1.55. The number of nitrogens with zero attached hydrogens (tertiary/aromatic N) is 4. The minimum Gasteiger partial charge on any atom is -0.497 e. The summed E-state index contributed by atoms with van der Waals surface area (Å²) in [5, 5.41) is 7.05. The molecule has 0 saturated carbocycles. The fraction of sp³-hybridized carbons (Fsp3) is 0.474. The molecule has 2 aromatic rings. The third-order valence-corrected chi connectivity index (χ3v) is 6.57. The first-order valence-corrected chi connectivity index (χ1v) is 11.0. The summed E-state index contributed by atoms with van der Waals surface area (Å²) >= 11 is 0. The molecule has 2 heterocycles. The van der Waals surface area contributed by atoms with Gasteiger partial charge < -0.3 is 19.5 Å². The topological polar surface area (TPSA) is 100 Å². The van der Waals surface area contributed by atoms with Crippen molar-refractivity contribution < 1.29 is 17.7 Å². The van der Waals surface area contributed by atoms with E-state index >= 15 is 0 Å². The predicted molar refractivity (Wildman–Crippen MR) is 110 cm³/mol. The van der Waals surface area contributed by atoms with Crippen molar-refractivity contribution in [3.63, 3.8) is 0 Å². The molecule has 0 radical (unpaired) electrons. The van der Waals surface area contributed by atoms with E-state index in [4.69, 9.17) is 9.26 Å². The summed E-state index contributed by atoms with van der Waals surface area (Å²) in [6, 6.07) is 7.63. The van der Waals surface area contributed by atoms with E-state index in [1.165, 1.54) is 10.6 Å². The van der Waals surface area contributed by atoms with Gasteiger partial charge in [0.25, 0.3) is 0 Å². The van der Waals surface area contributed by atoms with Crippen LogP contribution in [0.1, 0.15) is 16.8 Å². The van der Waals surface area contributed by atoms with E-state index in [9.17, 15) is 8.42 Å². The molecule has 1 saturated heterocycles. The summed E-state index contributed by atoms with van der Waals surface area (Å²) in [6.07, 6.45) is 1.38. The monoisotopic (exact) mass is 421 g/mol. The lowest BCUT2D eigenvalue weighted by molar-refractivity contribution is 0.259. The number of rotatable bonds is 6. The van der Waals surface area contributed by atoms with Gasteiger partial charge in [0.2, 0.25) is 10.0 Å². The Morgan fingerprint density at radius 3 is 2.66 bits per heavy atom. The summed E-state index contributed by atoms with van der Waals surface area (Å²) in [4.78, 5) is 6.41. The fourth-order valence-electron chi connectivity index (χ4n) is 3.33. The summed E-state index contributed by atoms with van der Waals surface area (Å²) in [5.74, 6) is 1.42. The van der Waals surface area contributed by atoms with Gasteiger partial charge in [0.1, 0.15) is 17.8 Å². The Bertz CT molecular complexity index is 936. The third kappa shape index (κ3) is 5.48. The van der Waals surface area contributed by atoms with Gasteiger partial charge in [0, 0.05) is 45.8 Å². The van der Waals surface area contributed by atoms with E-state index in [0.29, 0.717) is 38.4 Å². The maximum absolute atomic E-state index is 12.6. The van der Waals surface area contributed by atoms with Gasteiger partial charge in [-0.15, -0.1) is 0 Å². The highest BCUT2D eigenvalue weighted by atomic mass is 32.2. The number of piperazine rings is 1. The van der Waals surface area contributed by atoms with Gasteiger partial charge in [-0.1, -0.05) is 11.2 Å². The Labute approximate surface area is 171 Å². The molecule has 3 rings (SSSR count). The molecule has 1 N–H and O–H groups in total. The largest absolute Gasteiger partial charge is 0.497 e. The van der Waals surface area contributed by atoms with Crippen LogP contribution in [0.4, 0.5) is 0 Å². The van der Waals surface area contributed by atoms with Crippen LogP contribution in [-0.2, 0) is 22.3 Å². The fourth-order valence-corrected chi connectivity index (χ4v) is 4.75. The van der Waals surface area contributed by atoms with Crippen molar-refractivity contribution in [2.45, 2.75) is 19.2 Å². The molecule has 0 bridgehead atoms. The van der Waals surface area contributed by atoms with Crippen LogP contribution in [0, 0.1) is 6.92 Å². The number of benzene rings is 1. The molecular formula is C19H27N5O4S. The van der Waals surface area contributed by atoms with E-state index in [-0.39, 0.29) is 5.75 Å². The average molecular weight is 422 g/mol. The molecule has 0 amide bonds. The molecule has 1 aromatic carbocycles. The second kappa shape index (κ2) is 9.27. The van der Waals surface area contributed by atoms with Crippen molar-refractivity contribution in [1.82, 2.24) is 19.7 Å². The molecule has 0 spiro atoms. The number of guanidine groups is 1. The Morgan fingerprint density at radius 2 is 2.03 bits per heavy atom. The van der Waals surface area contributed by atoms with Crippen LogP contribution in [0.5, 0.6) is 5.75 Å². The highest BCUT2D eigenvalue weighted by molar-refractivity contribution is 7.88. The van der Waals surface area contributed by atoms with Crippen LogP contribution in [0.25, 0.3) is 0 Å². The summed E-state index contributed by atoms with van der Waals surface area (Å²) in [5.41, 5.74) is 2.64. The van der Waals surface area contributed by atoms with E-state index in [2.05, 4.69) is 26.4 Å². The Morgan fingerprint density at radius 1 is 1.28 bits per heavy atom. The maximum Gasteiger partial charge on any atom is 0.220 e. The molecular weight excluding hydrogens is 394 g/mol. The Hall–Kier alpha value is -2.59. The standard InChI is InChI=1S/C19H27N5O4S/c1-15-10-16(12-18(11-15)27-3)13-21-19(20-2)23-5-7-24(8-6-23)29(25,26)14-17-4-9-28-22-17/h4,9-12H,5-8,13-14H2,1-3H3,(H,20,21). The van der Waals surface area contributed by atoms with Crippen molar-refractivity contribution in [3.05, 3.63) is 47.3 Å². The van der Waals surface area contributed by atoms with Crippen LogP contribution >= 0.6 is 0 Å².